The third-order valence-electron chi connectivity index (χ3n) is 0. The summed E-state index contributed by atoms with van der Waals surface area (Å²) in [5, 5.41) is 0. The van der Waals surface area contributed by atoms with Gasteiger partial charge >= 0.3 is 0 Å². The summed E-state index contributed by atoms with van der Waals surface area (Å²) in [6.07, 6.45) is 0. The molecule has 0 aliphatic carbocycles. The van der Waals surface area contributed by atoms with Gasteiger partial charge in [0.25, 0.3) is 0 Å². The maximum Gasteiger partial charge on any atom is 0 e. The fraction of sp³-hybridized carbons (Fsp3) is 1.00. The molecule has 0 radical (unpaired) electrons. The van der Waals surface area contributed by atoms with Crippen LogP contribution in [0.5, 0.6) is 0 Å². The summed E-state index contributed by atoms with van der Waals surface area (Å²) >= 11 is 0. The van der Waals surface area contributed by atoms with Gasteiger partial charge in [-0.25, -0.2) is 0 Å². The molecule has 1 heteroatoms. The molecule has 0 fully saturated rings. The van der Waals surface area contributed by atoms with Gasteiger partial charge in [-0.1, -0.05) is 29.7 Å². The van der Waals surface area contributed by atoms with Crippen LogP contribution in [0.25, 0.3) is 0 Å². The average molecular weight is 112 g/mol. The molecule has 0 aromatic heterocycles. The second-order valence-corrected chi connectivity index (χ2v) is 0. The first-order valence-corrected chi connectivity index (χ1v) is 0. The van der Waals surface area contributed by atoms with Crippen LogP contribution in [0.1, 0.15) is 29.7 Å². The Labute approximate surface area is 51.9 Å². The average Bonchev–Trinajstić information content (AvgIpc) is 0. The second kappa shape index (κ2) is 127. The van der Waals surface area contributed by atoms with E-state index >= 15 is 0 Å². The van der Waals surface area contributed by atoms with Crippen LogP contribution in [0.4, 0.5) is 0 Å². The third-order valence-corrected chi connectivity index (χ3v) is 0. The van der Waals surface area contributed by atoms with E-state index in [4.69, 9.17) is 0 Å². The first-order valence-electron chi connectivity index (χ1n) is 0. The first kappa shape index (κ1) is 249. The minimum Gasteiger partial charge on any atom is -0.0776 e. The van der Waals surface area contributed by atoms with Crippen molar-refractivity contribution >= 4 is 0 Å². The quantitative estimate of drug-likeness (QED) is 0.422. The standard InChI is InChI=1S/4CH4.Ti/h4*1H4;. The van der Waals surface area contributed by atoms with Crippen molar-refractivity contribution in [3.8, 4) is 0 Å². The summed E-state index contributed by atoms with van der Waals surface area (Å²) in [5.41, 5.74) is 0. The van der Waals surface area contributed by atoms with Gasteiger partial charge in [0.05, 0.1) is 0 Å². The molecule has 0 aromatic carbocycles. The van der Waals surface area contributed by atoms with Crippen LogP contribution in [0.15, 0.2) is 0 Å². The Hall–Kier alpha value is 0.714. The minimum atomic E-state index is 0. The number of rotatable bonds is 0. The van der Waals surface area contributed by atoms with Gasteiger partial charge < -0.3 is 0 Å². The molecule has 0 saturated heterocycles. The Morgan fingerprint density at radius 1 is 0.400 bits per heavy atom. The van der Waals surface area contributed by atoms with Crippen molar-refractivity contribution in [1.82, 2.24) is 0 Å². The zero-order valence-electron chi connectivity index (χ0n) is 0.500. The van der Waals surface area contributed by atoms with Crippen molar-refractivity contribution in [2.75, 3.05) is 0 Å². The van der Waals surface area contributed by atoms with Gasteiger partial charge in [-0.2, -0.15) is 0 Å². The van der Waals surface area contributed by atoms with E-state index in [1.807, 2.05) is 0 Å². The van der Waals surface area contributed by atoms with Crippen LogP contribution < -0.4 is 0 Å². The van der Waals surface area contributed by atoms with Crippen LogP contribution in [0.2, 0.25) is 0 Å². The van der Waals surface area contributed by atoms with Gasteiger partial charge in [-0.05, 0) is 0 Å². The summed E-state index contributed by atoms with van der Waals surface area (Å²) in [7, 11) is 0. The Morgan fingerprint density at radius 2 is 0.400 bits per heavy atom. The molecular formula is C4H16Ti. The summed E-state index contributed by atoms with van der Waals surface area (Å²) in [5.74, 6) is 0. The predicted molar refractivity (Wildman–Crippen MR) is 26.9 cm³/mol. The van der Waals surface area contributed by atoms with E-state index in [2.05, 4.69) is 0 Å². The van der Waals surface area contributed by atoms with Crippen LogP contribution >= 0.6 is 0 Å². The first-order chi connectivity index (χ1) is 0. The van der Waals surface area contributed by atoms with Crippen LogP contribution in [0, 0.1) is 0 Å². The van der Waals surface area contributed by atoms with Crippen molar-refractivity contribution in [2.24, 2.45) is 0 Å². The van der Waals surface area contributed by atoms with E-state index < -0.39 is 0 Å². The van der Waals surface area contributed by atoms with Crippen LogP contribution in [0.3, 0.4) is 0 Å². The molecule has 0 spiro atoms. The summed E-state index contributed by atoms with van der Waals surface area (Å²) in [6, 6.07) is 0. The minimum absolute atomic E-state index is 0. The monoisotopic (exact) mass is 112 g/mol. The smallest absolute Gasteiger partial charge is 0 e. The van der Waals surface area contributed by atoms with E-state index in [1.54, 1.807) is 0 Å². The Balaban J connectivity index is 0. The predicted octanol–water partition coefficient (Wildman–Crippen LogP) is 2.54. The largest absolute Gasteiger partial charge is 0.0776 e. The normalized spacial score (nSPS) is 0. The molecule has 0 bridgehead atoms. The number of hydrogen-bond donors (Lipinski definition) is 0. The molecular weight excluding hydrogens is 95.9 g/mol. The Morgan fingerprint density at radius 3 is 0.400 bits per heavy atom. The van der Waals surface area contributed by atoms with Crippen LogP contribution in [-0.2, 0) is 21.7 Å². The van der Waals surface area contributed by atoms with Crippen molar-refractivity contribution in [3.63, 3.8) is 0 Å². The van der Waals surface area contributed by atoms with Crippen LogP contribution in [-0.4, -0.2) is 0 Å². The summed E-state index contributed by atoms with van der Waals surface area (Å²) in [6.45, 7) is 0. The molecule has 0 aliphatic heterocycles. The molecule has 0 aliphatic rings. The maximum absolute atomic E-state index is 0. The van der Waals surface area contributed by atoms with E-state index in [0.29, 0.717) is 0 Å². The maximum atomic E-state index is 0. The van der Waals surface area contributed by atoms with Crippen molar-refractivity contribution in [1.29, 1.82) is 0 Å². The molecule has 0 saturated carbocycles. The Bertz CT molecular complexity index is 3.61. The van der Waals surface area contributed by atoms with Gasteiger partial charge in [0.2, 0.25) is 0 Å². The van der Waals surface area contributed by atoms with E-state index in [1.165, 1.54) is 0 Å². The fourth-order valence-corrected chi connectivity index (χ4v) is 0. The number of hydrogen-bond acceptors (Lipinski definition) is 0. The molecule has 36 valence electrons. The fourth-order valence-electron chi connectivity index (χ4n) is 0. The summed E-state index contributed by atoms with van der Waals surface area (Å²) in [4.78, 5) is 0. The molecule has 0 amide bonds. The van der Waals surface area contributed by atoms with Gasteiger partial charge in [-0.3, -0.25) is 0 Å². The molecule has 0 rings (SSSR count). The van der Waals surface area contributed by atoms with Gasteiger partial charge in [0.15, 0.2) is 0 Å². The second-order valence-electron chi connectivity index (χ2n) is 0. The topological polar surface area (TPSA) is 0 Å². The van der Waals surface area contributed by atoms with Crippen molar-refractivity contribution in [3.05, 3.63) is 0 Å². The van der Waals surface area contributed by atoms with Gasteiger partial charge in [0.1, 0.15) is 0 Å². The Kier molecular flexibility index (Phi) is 6350. The molecule has 0 nitrogen and oxygen atoms in total. The van der Waals surface area contributed by atoms with E-state index in [0.717, 1.165) is 0 Å². The molecule has 0 aromatic rings. The third kappa shape index (κ3) is 68.1. The summed E-state index contributed by atoms with van der Waals surface area (Å²) < 4.78 is 0. The molecule has 0 unspecified atom stereocenters. The molecule has 0 atom stereocenters. The molecule has 5 heavy (non-hydrogen) atoms. The van der Waals surface area contributed by atoms with E-state index in [9.17, 15) is 0 Å². The van der Waals surface area contributed by atoms with Gasteiger partial charge in [0, 0.05) is 21.7 Å². The molecule has 0 N–H and O–H groups in total. The molecule has 0 heterocycles. The van der Waals surface area contributed by atoms with Crippen molar-refractivity contribution < 1.29 is 21.7 Å². The van der Waals surface area contributed by atoms with Crippen molar-refractivity contribution in [2.45, 2.75) is 29.7 Å². The van der Waals surface area contributed by atoms with E-state index in [-0.39, 0.29) is 51.4 Å². The zero-order valence-corrected chi connectivity index (χ0v) is 2.06. The SMILES string of the molecule is C.C.C.C.[Ti]. The zero-order chi connectivity index (χ0) is 0. The van der Waals surface area contributed by atoms with Gasteiger partial charge in [-0.15, -0.1) is 0 Å².